The van der Waals surface area contributed by atoms with Crippen molar-refractivity contribution in [3.63, 3.8) is 0 Å². The van der Waals surface area contributed by atoms with Crippen LogP contribution in [0, 0.1) is 0 Å². The van der Waals surface area contributed by atoms with Crippen molar-refractivity contribution in [3.8, 4) is 11.3 Å². The fourth-order valence-electron chi connectivity index (χ4n) is 2.49. The van der Waals surface area contributed by atoms with Crippen molar-refractivity contribution in [2.24, 2.45) is 0 Å². The van der Waals surface area contributed by atoms with Crippen LogP contribution >= 0.6 is 0 Å². The van der Waals surface area contributed by atoms with Crippen LogP contribution in [0.5, 0.6) is 0 Å². The number of benzene rings is 1. The van der Waals surface area contributed by atoms with Crippen LogP contribution in [0.15, 0.2) is 36.5 Å². The zero-order valence-corrected chi connectivity index (χ0v) is 14.4. The Bertz CT molecular complexity index is 669. The van der Waals surface area contributed by atoms with Crippen molar-refractivity contribution in [2.75, 3.05) is 11.1 Å². The Hall–Kier alpha value is -2.21. The van der Waals surface area contributed by atoms with E-state index in [9.17, 15) is 9.90 Å². The number of carbonyl (C=O) groups is 1. The first-order valence-electron chi connectivity index (χ1n) is 7.28. The molecule has 5 nitrogen and oxygen atoms in total. The van der Waals surface area contributed by atoms with Crippen molar-refractivity contribution in [1.29, 1.82) is 0 Å². The molecule has 1 aromatic carbocycles. The quantitative estimate of drug-likeness (QED) is 0.855. The zero-order valence-electron chi connectivity index (χ0n) is 13.4. The topological polar surface area (TPSA) is 66.3 Å². The number of carboxylic acid groups (broad SMARTS) is 1. The van der Waals surface area contributed by atoms with Crippen LogP contribution < -0.4 is 4.57 Å². The molecule has 0 spiro atoms. The van der Waals surface area contributed by atoms with Crippen molar-refractivity contribution < 1.29 is 9.90 Å². The number of rotatable bonds is 5. The largest absolute Gasteiger partial charge is 0.475 e. The second-order valence-electron chi connectivity index (χ2n) is 6.01. The van der Waals surface area contributed by atoms with E-state index < -0.39 is 14.2 Å². The number of aromatic carboxylic acids is 1. The minimum atomic E-state index is -1.63. The number of hydrogen-bond acceptors (Lipinski definition) is 4. The molecular formula is C16H21N3O2Si. The van der Waals surface area contributed by atoms with Gasteiger partial charge >= 0.3 is 5.97 Å². The molecule has 0 atom stereocenters. The van der Waals surface area contributed by atoms with Crippen molar-refractivity contribution in [3.05, 3.63) is 42.4 Å². The predicted octanol–water partition coefficient (Wildman–Crippen LogP) is 3.50. The van der Waals surface area contributed by atoms with E-state index in [1.54, 1.807) is 6.20 Å². The molecular weight excluding hydrogens is 294 g/mol. The molecule has 2 aromatic rings. The lowest BCUT2D eigenvalue weighted by atomic mass is 10.1. The van der Waals surface area contributed by atoms with Gasteiger partial charge in [0.2, 0.25) is 5.82 Å². The van der Waals surface area contributed by atoms with Gasteiger partial charge in [0.25, 0.3) is 0 Å². The molecule has 1 heterocycles. The molecule has 0 amide bonds. The van der Waals surface area contributed by atoms with E-state index in [0.717, 1.165) is 17.8 Å². The number of nitrogens with zero attached hydrogens (tertiary/aromatic N) is 3. The SMILES string of the molecule is CCN(c1cnc(C(=O)O)nc1-c1ccccc1)[Si](C)(C)C. The molecule has 0 aliphatic heterocycles. The van der Waals surface area contributed by atoms with Crippen LogP contribution in [-0.4, -0.2) is 35.8 Å². The molecule has 0 aliphatic carbocycles. The lowest BCUT2D eigenvalue weighted by Gasteiger charge is -2.36. The minimum Gasteiger partial charge on any atom is -0.475 e. The Morgan fingerprint density at radius 1 is 1.23 bits per heavy atom. The fraction of sp³-hybridized carbons (Fsp3) is 0.312. The van der Waals surface area contributed by atoms with Gasteiger partial charge in [-0.25, -0.2) is 14.8 Å². The number of anilines is 1. The molecule has 0 radical (unpaired) electrons. The molecule has 6 heteroatoms. The molecule has 1 N–H and O–H groups in total. The third kappa shape index (κ3) is 3.33. The first-order chi connectivity index (χ1) is 10.3. The minimum absolute atomic E-state index is 0.172. The van der Waals surface area contributed by atoms with Gasteiger partial charge in [0.05, 0.1) is 17.6 Å². The highest BCUT2D eigenvalue weighted by Gasteiger charge is 2.27. The number of aromatic nitrogens is 2. The van der Waals surface area contributed by atoms with Gasteiger partial charge in [0.1, 0.15) is 8.24 Å². The molecule has 116 valence electrons. The summed E-state index contributed by atoms with van der Waals surface area (Å²) in [5.41, 5.74) is 2.48. The lowest BCUT2D eigenvalue weighted by Crippen LogP contribution is -2.46. The van der Waals surface area contributed by atoms with Crippen LogP contribution in [0.2, 0.25) is 19.6 Å². The summed E-state index contributed by atoms with van der Waals surface area (Å²) in [6, 6.07) is 9.66. The Morgan fingerprint density at radius 2 is 1.86 bits per heavy atom. The molecule has 22 heavy (non-hydrogen) atoms. The smallest absolute Gasteiger partial charge is 0.373 e. The van der Waals surface area contributed by atoms with Gasteiger partial charge in [-0.05, 0) is 6.92 Å². The molecule has 0 saturated heterocycles. The Kier molecular flexibility index (Phi) is 4.61. The van der Waals surface area contributed by atoms with E-state index in [-0.39, 0.29) is 5.82 Å². The summed E-state index contributed by atoms with van der Waals surface area (Å²) in [6.07, 6.45) is 1.64. The summed E-state index contributed by atoms with van der Waals surface area (Å²) in [5, 5.41) is 9.17. The fourth-order valence-corrected chi connectivity index (χ4v) is 4.33. The van der Waals surface area contributed by atoms with Crippen molar-refractivity contribution >= 4 is 19.9 Å². The maximum atomic E-state index is 11.2. The highest BCUT2D eigenvalue weighted by atomic mass is 28.3. The standard InChI is InChI=1S/C16H21N3O2Si/c1-5-19(22(2,3)4)13-11-17-15(16(20)21)18-14(13)12-9-7-6-8-10-12/h6-11H,5H2,1-4H3,(H,20,21). The zero-order chi connectivity index (χ0) is 16.3. The van der Waals surface area contributed by atoms with Gasteiger partial charge in [0, 0.05) is 12.1 Å². The normalized spacial score (nSPS) is 11.3. The Balaban J connectivity index is 2.66. The van der Waals surface area contributed by atoms with Crippen LogP contribution in [0.1, 0.15) is 17.5 Å². The first-order valence-corrected chi connectivity index (χ1v) is 10.7. The second-order valence-corrected chi connectivity index (χ2v) is 10.9. The van der Waals surface area contributed by atoms with Crippen LogP contribution in [-0.2, 0) is 0 Å². The summed E-state index contributed by atoms with van der Waals surface area (Å²) >= 11 is 0. The Labute approximate surface area is 131 Å². The van der Waals surface area contributed by atoms with Gasteiger partial charge in [0.15, 0.2) is 0 Å². The van der Waals surface area contributed by atoms with Gasteiger partial charge in [-0.15, -0.1) is 0 Å². The predicted molar refractivity (Wildman–Crippen MR) is 90.8 cm³/mol. The first kappa shape index (κ1) is 16.2. The van der Waals surface area contributed by atoms with Crippen LogP contribution in [0.25, 0.3) is 11.3 Å². The lowest BCUT2D eigenvalue weighted by molar-refractivity contribution is 0.0683. The summed E-state index contributed by atoms with van der Waals surface area (Å²) < 4.78 is 2.31. The molecule has 0 fully saturated rings. The highest BCUT2D eigenvalue weighted by molar-refractivity contribution is 6.79. The van der Waals surface area contributed by atoms with E-state index in [4.69, 9.17) is 0 Å². The number of hydrogen-bond donors (Lipinski definition) is 1. The number of carboxylic acids is 1. The molecule has 0 saturated carbocycles. The maximum Gasteiger partial charge on any atom is 0.373 e. The van der Waals surface area contributed by atoms with Gasteiger partial charge in [-0.3, -0.25) is 0 Å². The Morgan fingerprint density at radius 3 is 2.36 bits per heavy atom. The summed E-state index contributed by atoms with van der Waals surface area (Å²) in [5.74, 6) is -1.28. The third-order valence-corrected chi connectivity index (χ3v) is 5.60. The van der Waals surface area contributed by atoms with Gasteiger partial charge in [-0.2, -0.15) is 0 Å². The van der Waals surface area contributed by atoms with E-state index >= 15 is 0 Å². The van der Waals surface area contributed by atoms with Gasteiger partial charge in [-0.1, -0.05) is 50.0 Å². The molecule has 2 rings (SSSR count). The van der Waals surface area contributed by atoms with Crippen molar-refractivity contribution in [1.82, 2.24) is 9.97 Å². The van der Waals surface area contributed by atoms with E-state index in [1.807, 2.05) is 30.3 Å². The molecule has 0 unspecified atom stereocenters. The van der Waals surface area contributed by atoms with Gasteiger partial charge < -0.3 is 9.67 Å². The maximum absolute atomic E-state index is 11.2. The van der Waals surface area contributed by atoms with E-state index in [2.05, 4.69) is 41.1 Å². The third-order valence-electron chi connectivity index (χ3n) is 3.42. The molecule has 0 aliphatic rings. The summed E-state index contributed by atoms with van der Waals surface area (Å²) in [6.45, 7) is 9.67. The summed E-state index contributed by atoms with van der Waals surface area (Å²) in [4.78, 5) is 19.5. The molecule has 0 bridgehead atoms. The average molecular weight is 315 g/mol. The van der Waals surface area contributed by atoms with Crippen LogP contribution in [0.3, 0.4) is 0 Å². The molecule has 1 aromatic heterocycles. The van der Waals surface area contributed by atoms with E-state index in [0.29, 0.717) is 5.69 Å². The van der Waals surface area contributed by atoms with Crippen LogP contribution in [0.4, 0.5) is 5.69 Å². The van der Waals surface area contributed by atoms with E-state index in [1.165, 1.54) is 0 Å². The monoisotopic (exact) mass is 315 g/mol. The average Bonchev–Trinajstić information content (AvgIpc) is 2.47. The highest BCUT2D eigenvalue weighted by Crippen LogP contribution is 2.31. The second kappa shape index (κ2) is 6.27. The summed E-state index contributed by atoms with van der Waals surface area (Å²) in [7, 11) is -1.63. The van der Waals surface area contributed by atoms with Crippen molar-refractivity contribution in [2.45, 2.75) is 26.6 Å².